The quantitative estimate of drug-likeness (QED) is 0.788. The van der Waals surface area contributed by atoms with Crippen LogP contribution in [0.2, 0.25) is 0 Å². The molecule has 2 saturated carbocycles. The fraction of sp³-hybridized carbons (Fsp3) is 0.688. The molecule has 0 atom stereocenters. The lowest BCUT2D eigenvalue weighted by atomic mass is 10.2. The average molecular weight is 275 g/mol. The molecule has 0 aliphatic heterocycles. The van der Waals surface area contributed by atoms with Crippen LogP contribution in [0, 0.1) is 6.92 Å². The third-order valence-electron chi connectivity index (χ3n) is 4.19. The Bertz CT molecular complexity index is 455. The van der Waals surface area contributed by atoms with Crippen molar-refractivity contribution in [2.75, 3.05) is 20.2 Å². The Labute approximate surface area is 121 Å². The fourth-order valence-corrected chi connectivity index (χ4v) is 2.37. The van der Waals surface area contributed by atoms with E-state index in [1.165, 1.54) is 31.2 Å². The Hall–Kier alpha value is -1.13. The van der Waals surface area contributed by atoms with Crippen molar-refractivity contribution in [3.05, 3.63) is 23.4 Å². The van der Waals surface area contributed by atoms with Gasteiger partial charge in [0, 0.05) is 36.9 Å². The molecule has 2 aliphatic rings. The molecule has 20 heavy (non-hydrogen) atoms. The molecule has 1 aromatic rings. The van der Waals surface area contributed by atoms with Gasteiger partial charge in [0.25, 0.3) is 0 Å². The first-order valence-corrected chi connectivity index (χ1v) is 7.75. The molecule has 2 fully saturated rings. The van der Waals surface area contributed by atoms with E-state index in [9.17, 15) is 0 Å². The maximum absolute atomic E-state index is 5.76. The lowest BCUT2D eigenvalue weighted by Gasteiger charge is -2.16. The van der Waals surface area contributed by atoms with Gasteiger partial charge in [-0.2, -0.15) is 0 Å². The van der Waals surface area contributed by atoms with Crippen molar-refractivity contribution < 1.29 is 4.74 Å². The van der Waals surface area contributed by atoms with Crippen molar-refractivity contribution in [1.29, 1.82) is 0 Å². The summed E-state index contributed by atoms with van der Waals surface area (Å²) in [5.74, 6) is 0.752. The predicted octanol–water partition coefficient (Wildman–Crippen LogP) is 2.12. The number of aryl methyl sites for hydroxylation is 1. The summed E-state index contributed by atoms with van der Waals surface area (Å²) in [6.45, 7) is 4.69. The van der Waals surface area contributed by atoms with Crippen LogP contribution in [0.5, 0.6) is 5.88 Å². The van der Waals surface area contributed by atoms with E-state index in [1.807, 2.05) is 6.07 Å². The number of likely N-dealkylation sites (N-methyl/N-ethyl adjacent to an activating group) is 1. The molecule has 1 aromatic heterocycles. The molecular weight excluding hydrogens is 250 g/mol. The summed E-state index contributed by atoms with van der Waals surface area (Å²) in [4.78, 5) is 6.92. The number of pyridine rings is 1. The highest BCUT2D eigenvalue weighted by atomic mass is 16.5. The molecule has 0 bridgehead atoms. The van der Waals surface area contributed by atoms with Gasteiger partial charge in [0.2, 0.25) is 5.88 Å². The second-order valence-corrected chi connectivity index (χ2v) is 6.11. The molecule has 0 spiro atoms. The van der Waals surface area contributed by atoms with Crippen LogP contribution in [-0.4, -0.2) is 42.2 Å². The SMILES string of the molecule is Cc1nc(OCCN(C)C2CC2)ccc1CNC1CC1. The van der Waals surface area contributed by atoms with Gasteiger partial charge >= 0.3 is 0 Å². The highest BCUT2D eigenvalue weighted by Gasteiger charge is 2.25. The Kier molecular flexibility index (Phi) is 4.22. The summed E-state index contributed by atoms with van der Waals surface area (Å²) in [7, 11) is 2.17. The molecule has 3 rings (SSSR count). The normalized spacial score (nSPS) is 18.6. The maximum atomic E-state index is 5.76. The van der Waals surface area contributed by atoms with Gasteiger partial charge < -0.3 is 15.0 Å². The molecule has 4 nitrogen and oxygen atoms in total. The number of nitrogens with zero attached hydrogens (tertiary/aromatic N) is 2. The Morgan fingerprint density at radius 2 is 2.10 bits per heavy atom. The van der Waals surface area contributed by atoms with Crippen LogP contribution in [0.4, 0.5) is 0 Å². The number of rotatable bonds is 8. The van der Waals surface area contributed by atoms with Crippen LogP contribution in [0.1, 0.15) is 36.9 Å². The van der Waals surface area contributed by atoms with Crippen molar-refractivity contribution in [3.8, 4) is 5.88 Å². The number of ether oxygens (including phenoxy) is 1. The molecule has 110 valence electrons. The summed E-state index contributed by atoms with van der Waals surface area (Å²) in [5, 5.41) is 3.52. The molecule has 4 heteroatoms. The number of aromatic nitrogens is 1. The third kappa shape index (κ3) is 3.93. The highest BCUT2D eigenvalue weighted by molar-refractivity contribution is 5.25. The van der Waals surface area contributed by atoms with Crippen LogP contribution in [0.15, 0.2) is 12.1 Å². The van der Waals surface area contributed by atoms with Crippen molar-refractivity contribution in [2.24, 2.45) is 0 Å². The predicted molar refractivity (Wildman–Crippen MR) is 80.0 cm³/mol. The molecule has 0 amide bonds. The molecule has 1 heterocycles. The topological polar surface area (TPSA) is 37.4 Å². The van der Waals surface area contributed by atoms with Gasteiger partial charge in [0.05, 0.1) is 0 Å². The fourth-order valence-electron chi connectivity index (χ4n) is 2.37. The van der Waals surface area contributed by atoms with E-state index in [0.717, 1.165) is 43.4 Å². The zero-order valence-electron chi connectivity index (χ0n) is 12.6. The van der Waals surface area contributed by atoms with Gasteiger partial charge in [-0.15, -0.1) is 0 Å². The molecular formula is C16H25N3O. The van der Waals surface area contributed by atoms with Gasteiger partial charge in [-0.25, -0.2) is 4.98 Å². The van der Waals surface area contributed by atoms with Gasteiger partial charge in [0.1, 0.15) is 6.61 Å². The lowest BCUT2D eigenvalue weighted by molar-refractivity contribution is 0.226. The van der Waals surface area contributed by atoms with Crippen LogP contribution < -0.4 is 10.1 Å². The summed E-state index contributed by atoms with van der Waals surface area (Å²) >= 11 is 0. The average Bonchev–Trinajstić information content (AvgIpc) is 3.28. The van der Waals surface area contributed by atoms with E-state index < -0.39 is 0 Å². The molecule has 2 aliphatic carbocycles. The summed E-state index contributed by atoms with van der Waals surface area (Å²) < 4.78 is 5.76. The van der Waals surface area contributed by atoms with Crippen molar-refractivity contribution in [2.45, 2.75) is 51.2 Å². The first-order chi connectivity index (χ1) is 9.72. The van der Waals surface area contributed by atoms with Crippen LogP contribution in [0.3, 0.4) is 0 Å². The molecule has 0 radical (unpaired) electrons. The smallest absolute Gasteiger partial charge is 0.213 e. The summed E-state index contributed by atoms with van der Waals surface area (Å²) in [6, 6.07) is 5.67. The largest absolute Gasteiger partial charge is 0.476 e. The van der Waals surface area contributed by atoms with E-state index in [4.69, 9.17) is 4.74 Å². The Morgan fingerprint density at radius 3 is 2.75 bits per heavy atom. The second-order valence-electron chi connectivity index (χ2n) is 6.11. The van der Waals surface area contributed by atoms with Gasteiger partial charge in [-0.05, 0) is 45.2 Å². The molecule has 1 N–H and O–H groups in total. The van der Waals surface area contributed by atoms with Crippen molar-refractivity contribution in [3.63, 3.8) is 0 Å². The Balaban J connectivity index is 1.45. The number of hydrogen-bond acceptors (Lipinski definition) is 4. The molecule has 0 saturated heterocycles. The minimum atomic E-state index is 0.721. The summed E-state index contributed by atoms with van der Waals surface area (Å²) in [5.41, 5.74) is 2.35. The van der Waals surface area contributed by atoms with Crippen molar-refractivity contribution >= 4 is 0 Å². The van der Waals surface area contributed by atoms with E-state index in [-0.39, 0.29) is 0 Å². The molecule has 0 unspecified atom stereocenters. The van der Waals surface area contributed by atoms with Crippen molar-refractivity contribution in [1.82, 2.24) is 15.2 Å². The lowest BCUT2D eigenvalue weighted by Crippen LogP contribution is -2.26. The summed E-state index contributed by atoms with van der Waals surface area (Å²) in [6.07, 6.45) is 5.33. The van der Waals surface area contributed by atoms with Crippen LogP contribution in [0.25, 0.3) is 0 Å². The monoisotopic (exact) mass is 275 g/mol. The van der Waals surface area contributed by atoms with E-state index >= 15 is 0 Å². The number of hydrogen-bond donors (Lipinski definition) is 1. The second kappa shape index (κ2) is 6.10. The molecule has 0 aromatic carbocycles. The first-order valence-electron chi connectivity index (χ1n) is 7.75. The van der Waals surface area contributed by atoms with Crippen LogP contribution in [-0.2, 0) is 6.54 Å². The van der Waals surface area contributed by atoms with Crippen LogP contribution >= 0.6 is 0 Å². The van der Waals surface area contributed by atoms with Gasteiger partial charge in [-0.1, -0.05) is 6.07 Å². The van der Waals surface area contributed by atoms with Gasteiger partial charge in [0.15, 0.2) is 0 Å². The third-order valence-corrected chi connectivity index (χ3v) is 4.19. The van der Waals surface area contributed by atoms with Gasteiger partial charge in [-0.3, -0.25) is 0 Å². The minimum Gasteiger partial charge on any atom is -0.476 e. The zero-order chi connectivity index (χ0) is 13.9. The van der Waals surface area contributed by atoms with E-state index in [2.05, 4.69) is 35.2 Å². The first kappa shape index (κ1) is 13.8. The highest BCUT2D eigenvalue weighted by Crippen LogP contribution is 2.25. The van der Waals surface area contributed by atoms with E-state index in [0.29, 0.717) is 0 Å². The number of nitrogens with one attached hydrogen (secondary N) is 1. The minimum absolute atomic E-state index is 0.721. The zero-order valence-corrected chi connectivity index (χ0v) is 12.6. The van der Waals surface area contributed by atoms with E-state index in [1.54, 1.807) is 0 Å². The maximum Gasteiger partial charge on any atom is 0.213 e. The standard InChI is InChI=1S/C16H25N3O/c1-12-13(11-17-14-4-5-14)3-8-16(18-12)20-10-9-19(2)15-6-7-15/h3,8,14-15,17H,4-7,9-11H2,1-2H3. The Morgan fingerprint density at radius 1 is 1.30 bits per heavy atom.